The maximum atomic E-state index is 12.4. The number of quaternary nitrogens is 1. The average Bonchev–Trinajstić information content (AvgIpc) is 2.62. The van der Waals surface area contributed by atoms with E-state index in [4.69, 9.17) is 4.74 Å². The number of amides is 3. The number of nitrogens with one attached hydrogen (secondary N) is 4. The van der Waals surface area contributed by atoms with Crippen molar-refractivity contribution in [1.82, 2.24) is 10.6 Å². The van der Waals surface area contributed by atoms with E-state index in [9.17, 15) is 14.4 Å². The third-order valence-electron chi connectivity index (χ3n) is 4.19. The van der Waals surface area contributed by atoms with Gasteiger partial charge in [-0.1, -0.05) is 25.1 Å². The lowest BCUT2D eigenvalue weighted by Gasteiger charge is -2.23. The fraction of sp³-hybridized carbons (Fsp3) is 0.421. The molecule has 1 aromatic rings. The minimum Gasteiger partial charge on any atom is -0.463 e. The van der Waals surface area contributed by atoms with Crippen LogP contribution in [0.25, 0.3) is 0 Å². The predicted octanol–water partition coefficient (Wildman–Crippen LogP) is -0.168. The first kappa shape index (κ1) is 20.4. The van der Waals surface area contributed by atoms with Crippen LogP contribution in [-0.2, 0) is 20.7 Å². The van der Waals surface area contributed by atoms with E-state index in [1.165, 1.54) is 0 Å². The maximum absolute atomic E-state index is 12.4. The molecule has 0 aromatic heterocycles. The van der Waals surface area contributed by atoms with Gasteiger partial charge in [-0.3, -0.25) is 4.79 Å². The number of hydrogen-bond acceptors (Lipinski definition) is 4. The molecule has 4 N–H and O–H groups in total. The van der Waals surface area contributed by atoms with E-state index in [-0.39, 0.29) is 31.6 Å². The largest absolute Gasteiger partial charge is 0.463 e. The Balaban J connectivity index is 2.01. The molecule has 1 unspecified atom stereocenters. The van der Waals surface area contributed by atoms with Gasteiger partial charge in [-0.05, 0) is 25.0 Å². The molecule has 1 heterocycles. The van der Waals surface area contributed by atoms with Crippen LogP contribution < -0.4 is 20.9 Å². The molecule has 0 spiro atoms. The van der Waals surface area contributed by atoms with E-state index in [0.717, 1.165) is 22.6 Å². The van der Waals surface area contributed by atoms with Crippen LogP contribution in [0.3, 0.4) is 0 Å². The molecule has 1 aliphatic rings. The van der Waals surface area contributed by atoms with Crippen molar-refractivity contribution in [2.24, 2.45) is 0 Å². The molecule has 1 aliphatic heterocycles. The van der Waals surface area contributed by atoms with Crippen LogP contribution in [0.5, 0.6) is 0 Å². The molecule has 0 aliphatic carbocycles. The van der Waals surface area contributed by atoms with Gasteiger partial charge >= 0.3 is 12.0 Å². The van der Waals surface area contributed by atoms with Crippen molar-refractivity contribution < 1.29 is 24.0 Å². The van der Waals surface area contributed by atoms with E-state index in [1.54, 1.807) is 6.92 Å². The van der Waals surface area contributed by atoms with Gasteiger partial charge in [0.2, 0.25) is 0 Å². The Morgan fingerprint density at radius 1 is 1.26 bits per heavy atom. The molecule has 3 amide bonds. The molecular weight excluding hydrogens is 348 g/mol. The molecule has 146 valence electrons. The Morgan fingerprint density at radius 3 is 2.70 bits per heavy atom. The second-order valence-electron chi connectivity index (χ2n) is 6.35. The summed E-state index contributed by atoms with van der Waals surface area (Å²) in [6, 6.07) is 7.31. The summed E-state index contributed by atoms with van der Waals surface area (Å²) in [5.74, 6) is -0.596. The van der Waals surface area contributed by atoms with Gasteiger partial charge in [0.05, 0.1) is 31.5 Å². The van der Waals surface area contributed by atoms with Crippen LogP contribution in [0, 0.1) is 0 Å². The van der Waals surface area contributed by atoms with E-state index >= 15 is 0 Å². The quantitative estimate of drug-likeness (QED) is 0.474. The van der Waals surface area contributed by atoms with Crippen LogP contribution in [0.2, 0.25) is 0 Å². The van der Waals surface area contributed by atoms with Gasteiger partial charge in [-0.2, -0.15) is 0 Å². The zero-order valence-electron chi connectivity index (χ0n) is 16.0. The Hall–Kier alpha value is -2.87. The minimum absolute atomic E-state index is 0.114. The summed E-state index contributed by atoms with van der Waals surface area (Å²) in [5.41, 5.74) is 2.74. The number of likely N-dealkylation sites (N-methyl/N-ethyl adjacent to an activating group) is 1. The summed E-state index contributed by atoms with van der Waals surface area (Å²) >= 11 is 0. The number of rotatable bonds is 8. The highest BCUT2D eigenvalue weighted by atomic mass is 16.5. The number of para-hydroxylation sites is 1. The van der Waals surface area contributed by atoms with E-state index in [0.29, 0.717) is 17.8 Å². The van der Waals surface area contributed by atoms with Gasteiger partial charge < -0.3 is 25.6 Å². The summed E-state index contributed by atoms with van der Waals surface area (Å²) in [7, 11) is 1.83. The van der Waals surface area contributed by atoms with Crippen molar-refractivity contribution in [3.8, 4) is 0 Å². The number of benzene rings is 1. The number of ether oxygens (including phenoxy) is 1. The van der Waals surface area contributed by atoms with Crippen LogP contribution in [-0.4, -0.2) is 51.2 Å². The first-order valence-corrected chi connectivity index (χ1v) is 9.07. The molecule has 0 fully saturated rings. The Bertz CT molecular complexity index is 745. The van der Waals surface area contributed by atoms with Gasteiger partial charge in [-0.25, -0.2) is 9.59 Å². The molecule has 2 rings (SSSR count). The summed E-state index contributed by atoms with van der Waals surface area (Å²) < 4.78 is 5.04. The number of hydrogen-bond donors (Lipinski definition) is 4. The molecule has 0 bridgehead atoms. The standard InChI is InChI=1S/C19H26N4O4/c1-4-13-8-6-7-9-15(13)21-17(24)12-23(3)11-16-14(18(25)27-5-2)10-20-19(26)22-16/h6-9H,4-5,10-12H2,1-3H3,(H,21,24)(H2,20,22,26)/p+1. The number of carbonyl (C=O) groups excluding carboxylic acids is 3. The number of urea groups is 1. The number of esters is 1. The molecule has 27 heavy (non-hydrogen) atoms. The van der Waals surface area contributed by atoms with Crippen LogP contribution in [0.15, 0.2) is 35.5 Å². The second-order valence-corrected chi connectivity index (χ2v) is 6.35. The molecule has 8 nitrogen and oxygen atoms in total. The third kappa shape index (κ3) is 5.82. The minimum atomic E-state index is -0.464. The first-order valence-electron chi connectivity index (χ1n) is 9.07. The lowest BCUT2D eigenvalue weighted by atomic mass is 10.1. The SMILES string of the molecule is CCOC(=O)C1=C(C[NH+](C)CC(=O)Nc2ccccc2CC)NC(=O)NC1. The smallest absolute Gasteiger partial charge is 0.337 e. The van der Waals surface area contributed by atoms with Crippen LogP contribution >= 0.6 is 0 Å². The Morgan fingerprint density at radius 2 is 2.00 bits per heavy atom. The Labute approximate surface area is 158 Å². The molecular formula is C19H27N4O4+. The summed E-state index contributed by atoms with van der Waals surface area (Å²) in [5, 5.41) is 8.14. The van der Waals surface area contributed by atoms with Gasteiger partial charge in [0.25, 0.3) is 5.91 Å². The highest BCUT2D eigenvalue weighted by Gasteiger charge is 2.26. The van der Waals surface area contributed by atoms with E-state index in [1.807, 2.05) is 38.2 Å². The van der Waals surface area contributed by atoms with Gasteiger partial charge in [0.1, 0.15) is 6.54 Å². The molecule has 0 saturated heterocycles. The molecule has 0 radical (unpaired) electrons. The topological polar surface area (TPSA) is 101 Å². The second kappa shape index (κ2) is 9.72. The van der Waals surface area contributed by atoms with Gasteiger partial charge in [0.15, 0.2) is 6.54 Å². The normalized spacial score (nSPS) is 14.9. The van der Waals surface area contributed by atoms with Crippen molar-refractivity contribution in [3.05, 3.63) is 41.1 Å². The number of anilines is 1. The first-order chi connectivity index (χ1) is 12.9. The summed E-state index contributed by atoms with van der Waals surface area (Å²) in [4.78, 5) is 36.9. The monoisotopic (exact) mass is 375 g/mol. The van der Waals surface area contributed by atoms with Crippen molar-refractivity contribution in [3.63, 3.8) is 0 Å². The third-order valence-corrected chi connectivity index (χ3v) is 4.19. The maximum Gasteiger partial charge on any atom is 0.337 e. The lowest BCUT2D eigenvalue weighted by Crippen LogP contribution is -3.10. The summed E-state index contributed by atoms with van der Waals surface area (Å²) in [6.45, 7) is 4.65. The van der Waals surface area contributed by atoms with Crippen LogP contribution in [0.1, 0.15) is 19.4 Å². The highest BCUT2D eigenvalue weighted by Crippen LogP contribution is 2.14. The zero-order valence-corrected chi connectivity index (χ0v) is 16.0. The summed E-state index contributed by atoms with van der Waals surface area (Å²) in [6.07, 6.45) is 0.827. The lowest BCUT2D eigenvalue weighted by molar-refractivity contribution is -0.866. The van der Waals surface area contributed by atoms with Crippen molar-refractivity contribution in [2.45, 2.75) is 20.3 Å². The fourth-order valence-corrected chi connectivity index (χ4v) is 2.88. The molecule has 1 atom stereocenters. The molecule has 0 saturated carbocycles. The average molecular weight is 375 g/mol. The van der Waals surface area contributed by atoms with Gasteiger partial charge in [-0.15, -0.1) is 0 Å². The molecule has 8 heteroatoms. The van der Waals surface area contributed by atoms with Gasteiger partial charge in [0, 0.05) is 5.69 Å². The van der Waals surface area contributed by atoms with Crippen molar-refractivity contribution >= 4 is 23.6 Å². The van der Waals surface area contributed by atoms with E-state index in [2.05, 4.69) is 16.0 Å². The number of aryl methyl sites for hydroxylation is 1. The predicted molar refractivity (Wildman–Crippen MR) is 101 cm³/mol. The zero-order chi connectivity index (χ0) is 19.8. The van der Waals surface area contributed by atoms with Crippen LogP contribution in [0.4, 0.5) is 10.5 Å². The fourth-order valence-electron chi connectivity index (χ4n) is 2.88. The Kier molecular flexibility index (Phi) is 7.36. The highest BCUT2D eigenvalue weighted by molar-refractivity contribution is 5.94. The van der Waals surface area contributed by atoms with E-state index < -0.39 is 5.97 Å². The van der Waals surface area contributed by atoms with Crippen molar-refractivity contribution in [1.29, 1.82) is 0 Å². The number of carbonyl (C=O) groups is 3. The van der Waals surface area contributed by atoms with Crippen molar-refractivity contribution in [2.75, 3.05) is 38.6 Å². The molecule has 1 aromatic carbocycles.